The summed E-state index contributed by atoms with van der Waals surface area (Å²) in [4.78, 5) is 26.7. The number of hydrogen-bond acceptors (Lipinski definition) is 7. The molecule has 1 aliphatic rings. The number of rotatable bonds is 8. The standard InChI is InChI=1S/C30H37FN8O/c1-6-39-18-27-29(36-39)35-28(16-32-27)33-21(4)24-15-23(8-7-19(24)2)34-30(40)22-13-20(3)25(26(31)14-22)17-38-11-9-37(5)10-12-38/h7-8,13-16,18,21H,6,9-12,17H2,1-5H3,(H,34,40)(H,33,35,36)/t21-/m0/s1. The van der Waals surface area contributed by atoms with Crippen LogP contribution in [0.1, 0.15) is 52.5 Å². The van der Waals surface area contributed by atoms with Gasteiger partial charge in [-0.2, -0.15) is 5.10 Å². The summed E-state index contributed by atoms with van der Waals surface area (Å²) in [5.41, 5.74) is 5.80. The van der Waals surface area contributed by atoms with Gasteiger partial charge in [-0.15, -0.1) is 0 Å². The predicted octanol–water partition coefficient (Wildman–Crippen LogP) is 4.77. The van der Waals surface area contributed by atoms with E-state index in [9.17, 15) is 4.79 Å². The highest BCUT2D eigenvalue weighted by atomic mass is 19.1. The maximum Gasteiger partial charge on any atom is 0.255 e. The average Bonchev–Trinajstić information content (AvgIpc) is 3.35. The third-order valence-corrected chi connectivity index (χ3v) is 7.63. The first kappa shape index (κ1) is 27.7. The molecule has 10 heteroatoms. The zero-order chi connectivity index (χ0) is 28.4. The van der Waals surface area contributed by atoms with E-state index in [4.69, 9.17) is 0 Å². The zero-order valence-electron chi connectivity index (χ0n) is 23.8. The van der Waals surface area contributed by atoms with Gasteiger partial charge in [0.15, 0.2) is 0 Å². The molecule has 3 heterocycles. The number of aryl methyl sites for hydroxylation is 3. The summed E-state index contributed by atoms with van der Waals surface area (Å²) in [6, 6.07) is 8.78. The van der Waals surface area contributed by atoms with Crippen molar-refractivity contribution in [3.05, 3.63) is 76.4 Å². The highest BCUT2D eigenvalue weighted by Crippen LogP contribution is 2.26. The van der Waals surface area contributed by atoms with Gasteiger partial charge in [0, 0.05) is 56.1 Å². The molecule has 1 fully saturated rings. The van der Waals surface area contributed by atoms with Gasteiger partial charge in [-0.3, -0.25) is 14.4 Å². The maximum absolute atomic E-state index is 15.1. The van der Waals surface area contributed by atoms with Crippen LogP contribution in [0.25, 0.3) is 11.2 Å². The van der Waals surface area contributed by atoms with Crippen molar-refractivity contribution in [3.8, 4) is 0 Å². The highest BCUT2D eigenvalue weighted by molar-refractivity contribution is 6.04. The number of halogens is 1. The van der Waals surface area contributed by atoms with E-state index in [2.05, 4.69) is 42.5 Å². The van der Waals surface area contributed by atoms with E-state index >= 15 is 4.39 Å². The second-order valence-electron chi connectivity index (χ2n) is 10.7. The number of aromatic nitrogens is 4. The summed E-state index contributed by atoms with van der Waals surface area (Å²) < 4.78 is 17.0. The van der Waals surface area contributed by atoms with E-state index in [0.29, 0.717) is 34.8 Å². The summed E-state index contributed by atoms with van der Waals surface area (Å²) in [5.74, 6) is -0.0578. The van der Waals surface area contributed by atoms with Crippen LogP contribution in [-0.2, 0) is 13.1 Å². The Morgan fingerprint density at radius 3 is 2.60 bits per heavy atom. The normalized spacial score (nSPS) is 15.3. The summed E-state index contributed by atoms with van der Waals surface area (Å²) in [6.45, 7) is 13.0. The lowest BCUT2D eigenvalue weighted by molar-refractivity contribution is 0.102. The summed E-state index contributed by atoms with van der Waals surface area (Å²) in [7, 11) is 2.10. The number of nitrogens with zero attached hydrogens (tertiary/aromatic N) is 6. The fourth-order valence-corrected chi connectivity index (χ4v) is 5.10. The first-order valence-electron chi connectivity index (χ1n) is 13.8. The van der Waals surface area contributed by atoms with Crippen LogP contribution in [0.15, 0.2) is 42.7 Å². The number of carbonyl (C=O) groups is 1. The number of amides is 1. The number of fused-ring (bicyclic) bond motifs is 1. The Kier molecular flexibility index (Phi) is 8.09. The lowest BCUT2D eigenvalue weighted by atomic mass is 10.0. The van der Waals surface area contributed by atoms with Crippen molar-refractivity contribution in [2.24, 2.45) is 0 Å². The van der Waals surface area contributed by atoms with Crippen molar-refractivity contribution in [2.45, 2.75) is 46.8 Å². The molecular formula is C30H37FN8O. The molecule has 40 heavy (non-hydrogen) atoms. The predicted molar refractivity (Wildman–Crippen MR) is 156 cm³/mol. The quantitative estimate of drug-likeness (QED) is 0.330. The molecule has 1 amide bonds. The Morgan fingerprint density at radius 1 is 1.10 bits per heavy atom. The molecule has 1 saturated heterocycles. The molecule has 2 aromatic heterocycles. The van der Waals surface area contributed by atoms with Gasteiger partial charge in [0.2, 0.25) is 5.65 Å². The van der Waals surface area contributed by atoms with Crippen LogP contribution in [0, 0.1) is 19.7 Å². The van der Waals surface area contributed by atoms with Gasteiger partial charge in [-0.05, 0) is 75.7 Å². The van der Waals surface area contributed by atoms with E-state index in [0.717, 1.165) is 54.9 Å². The van der Waals surface area contributed by atoms with Crippen LogP contribution in [0.4, 0.5) is 15.9 Å². The average molecular weight is 545 g/mol. The van der Waals surface area contributed by atoms with Gasteiger partial charge in [0.25, 0.3) is 5.91 Å². The molecule has 4 aromatic rings. The number of piperazine rings is 1. The van der Waals surface area contributed by atoms with Crippen molar-refractivity contribution in [3.63, 3.8) is 0 Å². The number of benzene rings is 2. The highest BCUT2D eigenvalue weighted by Gasteiger charge is 2.19. The van der Waals surface area contributed by atoms with E-state index in [1.165, 1.54) is 6.07 Å². The van der Waals surface area contributed by atoms with E-state index in [1.54, 1.807) is 12.3 Å². The van der Waals surface area contributed by atoms with Gasteiger partial charge in [-0.1, -0.05) is 6.07 Å². The molecule has 1 atom stereocenters. The number of anilines is 2. The molecule has 0 bridgehead atoms. The fourth-order valence-electron chi connectivity index (χ4n) is 5.10. The van der Waals surface area contributed by atoms with Crippen molar-refractivity contribution < 1.29 is 9.18 Å². The molecule has 210 valence electrons. The molecule has 0 saturated carbocycles. The van der Waals surface area contributed by atoms with Crippen LogP contribution in [0.3, 0.4) is 0 Å². The second-order valence-corrected chi connectivity index (χ2v) is 10.7. The summed E-state index contributed by atoms with van der Waals surface area (Å²) in [6.07, 6.45) is 3.58. The van der Waals surface area contributed by atoms with Crippen molar-refractivity contribution in [1.82, 2.24) is 29.5 Å². The largest absolute Gasteiger partial charge is 0.362 e. The third-order valence-electron chi connectivity index (χ3n) is 7.63. The van der Waals surface area contributed by atoms with E-state index < -0.39 is 0 Å². The molecular weight excluding hydrogens is 507 g/mol. The molecule has 1 aliphatic heterocycles. The lowest BCUT2D eigenvalue weighted by Crippen LogP contribution is -2.44. The Balaban J connectivity index is 1.28. The van der Waals surface area contributed by atoms with Crippen LogP contribution in [-0.4, -0.2) is 68.7 Å². The minimum atomic E-state index is -0.341. The smallest absolute Gasteiger partial charge is 0.255 e. The second kappa shape index (κ2) is 11.7. The SMILES string of the molecule is CCn1cc2ncc(N[C@@H](C)c3cc(NC(=O)c4cc(C)c(CN5CCN(C)CC5)c(F)c4)ccc3C)nc2n1. The lowest BCUT2D eigenvalue weighted by Gasteiger charge is -2.32. The number of carbonyl (C=O) groups excluding carboxylic acids is 1. The molecule has 5 rings (SSSR count). The molecule has 2 aromatic carbocycles. The monoisotopic (exact) mass is 544 g/mol. The van der Waals surface area contributed by atoms with Gasteiger partial charge in [0.05, 0.1) is 18.4 Å². The minimum Gasteiger partial charge on any atom is -0.362 e. The van der Waals surface area contributed by atoms with Crippen LogP contribution < -0.4 is 10.6 Å². The molecule has 0 aliphatic carbocycles. The van der Waals surface area contributed by atoms with Crippen LogP contribution in [0.5, 0.6) is 0 Å². The summed E-state index contributed by atoms with van der Waals surface area (Å²) in [5, 5.41) is 10.8. The van der Waals surface area contributed by atoms with Gasteiger partial charge < -0.3 is 15.5 Å². The Morgan fingerprint density at radius 2 is 1.88 bits per heavy atom. The van der Waals surface area contributed by atoms with Gasteiger partial charge >= 0.3 is 0 Å². The van der Waals surface area contributed by atoms with E-state index in [1.807, 2.05) is 56.8 Å². The topological polar surface area (TPSA) is 91.2 Å². The van der Waals surface area contributed by atoms with Crippen molar-refractivity contribution >= 4 is 28.6 Å². The zero-order valence-corrected chi connectivity index (χ0v) is 23.8. The Bertz CT molecular complexity index is 1500. The first-order chi connectivity index (χ1) is 19.2. The number of likely N-dealkylation sites (N-methyl/N-ethyl adjacent to an activating group) is 1. The maximum atomic E-state index is 15.1. The van der Waals surface area contributed by atoms with Crippen LogP contribution >= 0.6 is 0 Å². The van der Waals surface area contributed by atoms with Crippen molar-refractivity contribution in [1.29, 1.82) is 0 Å². The number of hydrogen-bond donors (Lipinski definition) is 2. The minimum absolute atomic E-state index is 0.106. The molecule has 0 spiro atoms. The van der Waals surface area contributed by atoms with Gasteiger partial charge in [-0.25, -0.2) is 14.4 Å². The molecule has 0 unspecified atom stereocenters. The van der Waals surface area contributed by atoms with Crippen molar-refractivity contribution in [2.75, 3.05) is 43.9 Å². The van der Waals surface area contributed by atoms with Crippen LogP contribution in [0.2, 0.25) is 0 Å². The third kappa shape index (κ3) is 6.13. The number of nitrogens with one attached hydrogen (secondary N) is 2. The molecule has 2 N–H and O–H groups in total. The van der Waals surface area contributed by atoms with E-state index in [-0.39, 0.29) is 17.8 Å². The van der Waals surface area contributed by atoms with Gasteiger partial charge in [0.1, 0.15) is 17.2 Å². The fraction of sp³-hybridized carbons (Fsp3) is 0.400. The summed E-state index contributed by atoms with van der Waals surface area (Å²) >= 11 is 0. The first-order valence-corrected chi connectivity index (χ1v) is 13.8. The molecule has 0 radical (unpaired) electrons. The Hall–Kier alpha value is -3.89. The molecule has 9 nitrogen and oxygen atoms in total. The Labute approximate surface area is 234 Å².